The summed E-state index contributed by atoms with van der Waals surface area (Å²) in [6.45, 7) is 0.835. The van der Waals surface area contributed by atoms with Crippen molar-refractivity contribution in [2.75, 3.05) is 32.9 Å². The summed E-state index contributed by atoms with van der Waals surface area (Å²) < 4.78 is 6.73. The molecule has 0 aliphatic heterocycles. The molecule has 9 heteroatoms. The van der Waals surface area contributed by atoms with Crippen LogP contribution in [0.15, 0.2) is 49.1 Å². The number of aromatic nitrogens is 3. The van der Waals surface area contributed by atoms with E-state index in [0.717, 1.165) is 10.9 Å². The van der Waals surface area contributed by atoms with Crippen LogP contribution in [0.2, 0.25) is 0 Å². The van der Waals surface area contributed by atoms with Crippen molar-refractivity contribution in [1.82, 2.24) is 24.3 Å². The quantitative estimate of drug-likeness (QED) is 0.678. The Hall–Kier alpha value is -3.62. The van der Waals surface area contributed by atoms with Crippen molar-refractivity contribution in [2.24, 2.45) is 0 Å². The second kappa shape index (κ2) is 8.38. The van der Waals surface area contributed by atoms with Crippen LogP contribution in [0.5, 0.6) is 0 Å². The smallest absolute Gasteiger partial charge is 0.409 e. The molecule has 0 aliphatic rings. The van der Waals surface area contributed by atoms with Gasteiger partial charge in [0.1, 0.15) is 12.9 Å². The van der Waals surface area contributed by atoms with Gasteiger partial charge in [-0.1, -0.05) is 12.1 Å². The molecule has 0 bridgehead atoms. The third-order valence-corrected chi connectivity index (χ3v) is 4.31. The Kier molecular flexibility index (Phi) is 5.73. The van der Waals surface area contributed by atoms with E-state index in [1.165, 1.54) is 20.7 Å². The molecule has 9 nitrogen and oxygen atoms in total. The molecule has 0 saturated carbocycles. The Morgan fingerprint density at radius 2 is 1.82 bits per heavy atom. The molecule has 2 N–H and O–H groups in total. The van der Waals surface area contributed by atoms with Gasteiger partial charge in [0, 0.05) is 50.7 Å². The molecule has 0 fully saturated rings. The van der Waals surface area contributed by atoms with E-state index in [2.05, 4.69) is 9.97 Å². The number of nitrogen functional groups attached to an aromatic ring is 1. The lowest BCUT2D eigenvalue weighted by molar-refractivity contribution is 0.102. The highest BCUT2D eigenvalue weighted by Crippen LogP contribution is 2.12. The molecule has 0 radical (unpaired) electrons. The Bertz CT molecular complexity index is 969. The molecule has 1 aromatic carbocycles. The number of benzene rings is 1. The van der Waals surface area contributed by atoms with Crippen molar-refractivity contribution in [2.45, 2.75) is 6.61 Å². The maximum absolute atomic E-state index is 12.6. The SMILES string of the molecule is CN(CCN(C)C(=O)n1ccc2cncnc21)C(=O)OCc1ccc(N)cc1. The van der Waals surface area contributed by atoms with Crippen molar-refractivity contribution in [3.63, 3.8) is 0 Å². The summed E-state index contributed by atoms with van der Waals surface area (Å²) in [5.74, 6) is 0. The van der Waals surface area contributed by atoms with E-state index in [9.17, 15) is 9.59 Å². The lowest BCUT2D eigenvalue weighted by Gasteiger charge is -2.22. The second-order valence-electron chi connectivity index (χ2n) is 6.41. The lowest BCUT2D eigenvalue weighted by Crippen LogP contribution is -2.39. The number of nitrogens with zero attached hydrogens (tertiary/aromatic N) is 5. The van der Waals surface area contributed by atoms with Crippen molar-refractivity contribution in [3.05, 3.63) is 54.6 Å². The van der Waals surface area contributed by atoms with E-state index in [0.29, 0.717) is 24.4 Å². The summed E-state index contributed by atoms with van der Waals surface area (Å²) in [6, 6.07) is 8.66. The first-order valence-electron chi connectivity index (χ1n) is 8.70. The van der Waals surface area contributed by atoms with E-state index in [4.69, 9.17) is 10.5 Å². The van der Waals surface area contributed by atoms with Crippen LogP contribution in [0.3, 0.4) is 0 Å². The minimum Gasteiger partial charge on any atom is -0.445 e. The van der Waals surface area contributed by atoms with Gasteiger partial charge in [0.25, 0.3) is 0 Å². The highest BCUT2D eigenvalue weighted by Gasteiger charge is 2.17. The molecule has 0 aliphatic carbocycles. The largest absolute Gasteiger partial charge is 0.445 e. The van der Waals surface area contributed by atoms with Gasteiger partial charge < -0.3 is 20.3 Å². The number of hydrogen-bond acceptors (Lipinski definition) is 6. The zero-order chi connectivity index (χ0) is 20.1. The van der Waals surface area contributed by atoms with Crippen molar-refractivity contribution in [3.8, 4) is 0 Å². The monoisotopic (exact) mass is 382 g/mol. The fraction of sp³-hybridized carbons (Fsp3) is 0.263. The average Bonchev–Trinajstić information content (AvgIpc) is 3.14. The summed E-state index contributed by atoms with van der Waals surface area (Å²) in [7, 11) is 3.30. The van der Waals surface area contributed by atoms with Gasteiger partial charge in [0.15, 0.2) is 5.65 Å². The Balaban J connectivity index is 1.50. The standard InChI is InChI=1S/C19H22N6O3/c1-23(18(26)25-8-7-15-11-21-13-22-17(15)25)9-10-24(2)19(27)28-12-14-3-5-16(20)6-4-14/h3-8,11,13H,9-10,12,20H2,1-2H3. The van der Waals surface area contributed by atoms with Crippen LogP contribution in [0, 0.1) is 0 Å². The van der Waals surface area contributed by atoms with E-state index < -0.39 is 6.09 Å². The molecule has 2 aromatic heterocycles. The molecule has 0 saturated heterocycles. The summed E-state index contributed by atoms with van der Waals surface area (Å²) in [6.07, 6.45) is 4.24. The predicted molar refractivity (Wildman–Crippen MR) is 105 cm³/mol. The first-order valence-corrected chi connectivity index (χ1v) is 8.70. The van der Waals surface area contributed by atoms with E-state index >= 15 is 0 Å². The molecule has 2 heterocycles. The molecule has 0 atom stereocenters. The van der Waals surface area contributed by atoms with Gasteiger partial charge >= 0.3 is 12.1 Å². The summed E-state index contributed by atoms with van der Waals surface area (Å²) in [5, 5.41) is 0.785. The van der Waals surface area contributed by atoms with Crippen LogP contribution < -0.4 is 5.73 Å². The predicted octanol–water partition coefficient (Wildman–Crippen LogP) is 2.18. The van der Waals surface area contributed by atoms with Crippen molar-refractivity contribution in [1.29, 1.82) is 0 Å². The van der Waals surface area contributed by atoms with Gasteiger partial charge in [-0.2, -0.15) is 0 Å². The Labute approximate surface area is 162 Å². The lowest BCUT2D eigenvalue weighted by atomic mass is 10.2. The average molecular weight is 382 g/mol. The topological polar surface area (TPSA) is 107 Å². The molecular formula is C19H22N6O3. The number of amides is 2. The molecule has 2 amide bonds. The molecule has 0 spiro atoms. The van der Waals surface area contributed by atoms with Crippen molar-refractivity contribution >= 4 is 28.8 Å². The number of carbonyl (C=O) groups is 2. The van der Waals surface area contributed by atoms with E-state index in [-0.39, 0.29) is 12.6 Å². The fourth-order valence-corrected chi connectivity index (χ4v) is 2.57. The summed E-state index contributed by atoms with van der Waals surface area (Å²) in [4.78, 5) is 35.8. The van der Waals surface area contributed by atoms with Gasteiger partial charge in [0.2, 0.25) is 0 Å². The van der Waals surface area contributed by atoms with E-state index in [1.807, 2.05) is 0 Å². The zero-order valence-electron chi connectivity index (χ0n) is 15.8. The number of rotatable bonds is 5. The first kappa shape index (κ1) is 19.2. The maximum atomic E-state index is 12.6. The van der Waals surface area contributed by atoms with E-state index in [1.54, 1.807) is 56.8 Å². The second-order valence-corrected chi connectivity index (χ2v) is 6.41. The third-order valence-electron chi connectivity index (χ3n) is 4.31. The van der Waals surface area contributed by atoms with Gasteiger partial charge in [-0.15, -0.1) is 0 Å². The minimum atomic E-state index is -0.461. The number of likely N-dealkylation sites (N-methyl/N-ethyl adjacent to an activating group) is 2. The zero-order valence-corrected chi connectivity index (χ0v) is 15.8. The Morgan fingerprint density at radius 1 is 1.11 bits per heavy atom. The third kappa shape index (κ3) is 4.37. The number of fused-ring (bicyclic) bond motifs is 1. The van der Waals surface area contributed by atoms with Crippen LogP contribution in [0.4, 0.5) is 15.3 Å². The van der Waals surface area contributed by atoms with Crippen LogP contribution in [-0.2, 0) is 11.3 Å². The van der Waals surface area contributed by atoms with Gasteiger partial charge in [-0.05, 0) is 23.8 Å². The van der Waals surface area contributed by atoms with Crippen molar-refractivity contribution < 1.29 is 14.3 Å². The van der Waals surface area contributed by atoms with Crippen LogP contribution in [-0.4, -0.2) is 63.6 Å². The normalized spacial score (nSPS) is 10.6. The van der Waals surface area contributed by atoms with Crippen LogP contribution >= 0.6 is 0 Å². The molecule has 3 rings (SSSR count). The highest BCUT2D eigenvalue weighted by molar-refractivity contribution is 5.88. The minimum absolute atomic E-state index is 0.160. The van der Waals surface area contributed by atoms with Gasteiger partial charge in [-0.25, -0.2) is 19.6 Å². The molecule has 146 valence electrons. The number of ether oxygens (including phenoxy) is 1. The maximum Gasteiger partial charge on any atom is 0.409 e. The van der Waals surface area contributed by atoms with Gasteiger partial charge in [-0.3, -0.25) is 4.57 Å². The first-order chi connectivity index (χ1) is 13.5. The Morgan fingerprint density at radius 3 is 2.57 bits per heavy atom. The summed E-state index contributed by atoms with van der Waals surface area (Å²) in [5.41, 5.74) is 7.68. The molecule has 0 unspecified atom stereocenters. The summed E-state index contributed by atoms with van der Waals surface area (Å²) >= 11 is 0. The fourth-order valence-electron chi connectivity index (χ4n) is 2.57. The highest BCUT2D eigenvalue weighted by atomic mass is 16.6. The van der Waals surface area contributed by atoms with Crippen LogP contribution in [0.25, 0.3) is 11.0 Å². The molecular weight excluding hydrogens is 360 g/mol. The number of hydrogen-bond donors (Lipinski definition) is 1. The molecule has 28 heavy (non-hydrogen) atoms. The number of anilines is 1. The van der Waals surface area contributed by atoms with Gasteiger partial charge in [0.05, 0.1) is 0 Å². The number of carbonyl (C=O) groups excluding carboxylic acids is 2. The van der Waals surface area contributed by atoms with Crippen LogP contribution in [0.1, 0.15) is 5.56 Å². The number of nitrogens with two attached hydrogens (primary N) is 1. The molecule has 3 aromatic rings.